The molecule has 1 fully saturated rings. The minimum Gasteiger partial charge on any atom is -0.378 e. The van der Waals surface area contributed by atoms with E-state index < -0.39 is 0 Å². The fraction of sp³-hybridized carbons (Fsp3) is 0.409. The highest BCUT2D eigenvalue weighted by Crippen LogP contribution is 2.23. The van der Waals surface area contributed by atoms with Crippen molar-refractivity contribution < 1.29 is 9.13 Å². The first-order chi connectivity index (χ1) is 13.6. The predicted molar refractivity (Wildman–Crippen MR) is 114 cm³/mol. The summed E-state index contributed by atoms with van der Waals surface area (Å²) in [6, 6.07) is 11.5. The summed E-state index contributed by atoms with van der Waals surface area (Å²) in [5.74, 6) is 0.110. The Morgan fingerprint density at radius 2 is 1.82 bits per heavy atom. The van der Waals surface area contributed by atoms with Crippen LogP contribution in [0.1, 0.15) is 30.5 Å². The van der Waals surface area contributed by atoms with E-state index in [1.54, 1.807) is 6.07 Å². The molecule has 3 N–H and O–H groups in total. The van der Waals surface area contributed by atoms with Gasteiger partial charge in [-0.05, 0) is 41.7 Å². The molecule has 0 atom stereocenters. The first-order valence-corrected chi connectivity index (χ1v) is 9.91. The lowest BCUT2D eigenvalue weighted by Gasteiger charge is -2.29. The zero-order valence-corrected chi connectivity index (χ0v) is 16.7. The number of aliphatic imine (C=N–C) groups is 1. The summed E-state index contributed by atoms with van der Waals surface area (Å²) in [7, 11) is 0. The van der Waals surface area contributed by atoms with Gasteiger partial charge >= 0.3 is 0 Å². The second-order valence-electron chi connectivity index (χ2n) is 6.87. The largest absolute Gasteiger partial charge is 0.378 e. The normalized spacial score (nSPS) is 15.0. The topological polar surface area (TPSA) is 62.9 Å². The van der Waals surface area contributed by atoms with Crippen LogP contribution in [0.15, 0.2) is 41.4 Å². The summed E-state index contributed by atoms with van der Waals surface area (Å²) in [6.45, 7) is 7.25. The molecule has 0 unspecified atom stereocenters. The lowest BCUT2D eigenvalue weighted by Crippen LogP contribution is -2.36. The van der Waals surface area contributed by atoms with Crippen LogP contribution in [0.25, 0.3) is 0 Å². The number of para-hydroxylation sites is 1. The summed E-state index contributed by atoms with van der Waals surface area (Å²) in [5, 5.41) is 3.24. The van der Waals surface area contributed by atoms with Crippen molar-refractivity contribution in [2.75, 3.05) is 36.5 Å². The third-order valence-corrected chi connectivity index (χ3v) is 5.05. The molecule has 28 heavy (non-hydrogen) atoms. The van der Waals surface area contributed by atoms with E-state index in [-0.39, 0.29) is 5.82 Å². The molecule has 1 aliphatic heterocycles. The number of morpholine rings is 1. The van der Waals surface area contributed by atoms with Gasteiger partial charge in [0.25, 0.3) is 0 Å². The number of aryl methyl sites for hydroxylation is 2. The molecule has 150 valence electrons. The number of nitrogens with one attached hydrogen (secondary N) is 1. The van der Waals surface area contributed by atoms with Crippen LogP contribution >= 0.6 is 0 Å². The smallest absolute Gasteiger partial charge is 0.193 e. The van der Waals surface area contributed by atoms with Gasteiger partial charge in [0.05, 0.1) is 25.4 Å². The van der Waals surface area contributed by atoms with Gasteiger partial charge in [-0.2, -0.15) is 0 Å². The van der Waals surface area contributed by atoms with E-state index in [2.05, 4.69) is 42.4 Å². The van der Waals surface area contributed by atoms with Crippen LogP contribution in [-0.4, -0.2) is 32.3 Å². The van der Waals surface area contributed by atoms with Gasteiger partial charge in [-0.15, -0.1) is 0 Å². The molecule has 0 spiro atoms. The molecular formula is C22H29FN4O. The van der Waals surface area contributed by atoms with E-state index in [1.807, 2.05) is 17.0 Å². The van der Waals surface area contributed by atoms with Crippen molar-refractivity contribution in [2.45, 2.75) is 33.2 Å². The number of anilines is 2. The molecule has 1 aliphatic rings. The number of nitrogens with zero attached hydrogens (tertiary/aromatic N) is 2. The summed E-state index contributed by atoms with van der Waals surface area (Å²) in [5.41, 5.74) is 11.0. The number of nitrogens with two attached hydrogens (primary N) is 1. The Kier molecular flexibility index (Phi) is 6.87. The fourth-order valence-electron chi connectivity index (χ4n) is 3.46. The van der Waals surface area contributed by atoms with Gasteiger partial charge in [0.1, 0.15) is 5.82 Å². The molecule has 6 heteroatoms. The Morgan fingerprint density at radius 1 is 1.14 bits per heavy atom. The van der Waals surface area contributed by atoms with Crippen molar-refractivity contribution in [3.8, 4) is 0 Å². The molecule has 0 amide bonds. The summed E-state index contributed by atoms with van der Waals surface area (Å²) >= 11 is 0. The molecule has 0 aliphatic carbocycles. The van der Waals surface area contributed by atoms with Gasteiger partial charge in [-0.1, -0.05) is 38.1 Å². The van der Waals surface area contributed by atoms with Crippen molar-refractivity contribution in [3.05, 3.63) is 58.9 Å². The standard InChI is InChI=1S/C22H29FN4O/c1-3-17-6-5-7-18(4-2)21(17)26-22(24)25-15-16-8-9-20(19(23)14-16)27-10-12-28-13-11-27/h5-9,14H,3-4,10-13,15H2,1-2H3,(H3,24,25,26). The zero-order chi connectivity index (χ0) is 19.9. The van der Waals surface area contributed by atoms with E-state index in [4.69, 9.17) is 10.5 Å². The summed E-state index contributed by atoms with van der Waals surface area (Å²) in [6.07, 6.45) is 1.83. The molecule has 2 aromatic rings. The maximum Gasteiger partial charge on any atom is 0.193 e. The van der Waals surface area contributed by atoms with E-state index in [0.29, 0.717) is 44.5 Å². The minimum atomic E-state index is -0.231. The minimum absolute atomic E-state index is 0.231. The first kappa shape index (κ1) is 20.1. The van der Waals surface area contributed by atoms with Crippen molar-refractivity contribution in [1.82, 2.24) is 0 Å². The molecule has 0 saturated carbocycles. The SMILES string of the molecule is CCc1cccc(CC)c1NC(N)=NCc1ccc(N2CCOCC2)c(F)c1. The highest BCUT2D eigenvalue weighted by molar-refractivity contribution is 5.93. The predicted octanol–water partition coefficient (Wildman–Crippen LogP) is 3.71. The Balaban J connectivity index is 1.69. The fourth-order valence-corrected chi connectivity index (χ4v) is 3.46. The number of ether oxygens (including phenoxy) is 1. The van der Waals surface area contributed by atoms with Crippen molar-refractivity contribution in [2.24, 2.45) is 10.7 Å². The lowest BCUT2D eigenvalue weighted by molar-refractivity contribution is 0.122. The van der Waals surface area contributed by atoms with Crippen LogP contribution in [0.4, 0.5) is 15.8 Å². The number of rotatable bonds is 6. The van der Waals surface area contributed by atoms with Crippen molar-refractivity contribution >= 4 is 17.3 Å². The van der Waals surface area contributed by atoms with Gasteiger partial charge in [-0.3, -0.25) is 0 Å². The maximum atomic E-state index is 14.5. The Hall–Kier alpha value is -2.60. The third-order valence-electron chi connectivity index (χ3n) is 5.05. The van der Waals surface area contributed by atoms with Gasteiger partial charge in [-0.25, -0.2) is 9.38 Å². The Bertz CT molecular complexity index is 809. The quantitative estimate of drug-likeness (QED) is 0.589. The van der Waals surface area contributed by atoms with Crippen LogP contribution in [-0.2, 0) is 24.1 Å². The molecule has 0 radical (unpaired) electrons. The van der Waals surface area contributed by atoms with Crippen molar-refractivity contribution in [3.63, 3.8) is 0 Å². The molecule has 2 aromatic carbocycles. The highest BCUT2D eigenvalue weighted by Gasteiger charge is 2.15. The Morgan fingerprint density at radius 3 is 2.43 bits per heavy atom. The summed E-state index contributed by atoms with van der Waals surface area (Å²) < 4.78 is 19.9. The van der Waals surface area contributed by atoms with E-state index in [1.165, 1.54) is 11.1 Å². The van der Waals surface area contributed by atoms with E-state index in [0.717, 1.165) is 24.1 Å². The third kappa shape index (κ3) is 4.81. The molecule has 1 heterocycles. The van der Waals surface area contributed by atoms with Gasteiger partial charge in [0.15, 0.2) is 5.96 Å². The molecule has 5 nitrogen and oxygen atoms in total. The molecular weight excluding hydrogens is 355 g/mol. The van der Waals surface area contributed by atoms with Crippen LogP contribution in [0, 0.1) is 5.82 Å². The second-order valence-corrected chi connectivity index (χ2v) is 6.87. The van der Waals surface area contributed by atoms with Gasteiger partial charge < -0.3 is 20.7 Å². The second kappa shape index (κ2) is 9.55. The number of guanidine groups is 1. The molecule has 1 saturated heterocycles. The number of halogens is 1. The number of hydrogen-bond donors (Lipinski definition) is 2. The lowest BCUT2D eigenvalue weighted by atomic mass is 10.0. The average Bonchev–Trinajstić information content (AvgIpc) is 2.73. The van der Waals surface area contributed by atoms with Crippen LogP contribution < -0.4 is 16.0 Å². The summed E-state index contributed by atoms with van der Waals surface area (Å²) in [4.78, 5) is 6.42. The van der Waals surface area contributed by atoms with Crippen LogP contribution in [0.5, 0.6) is 0 Å². The molecule has 3 rings (SSSR count). The average molecular weight is 384 g/mol. The van der Waals surface area contributed by atoms with Crippen LogP contribution in [0.2, 0.25) is 0 Å². The zero-order valence-electron chi connectivity index (χ0n) is 16.7. The monoisotopic (exact) mass is 384 g/mol. The highest BCUT2D eigenvalue weighted by atomic mass is 19.1. The number of hydrogen-bond acceptors (Lipinski definition) is 3. The van der Waals surface area contributed by atoms with E-state index in [9.17, 15) is 4.39 Å². The van der Waals surface area contributed by atoms with E-state index >= 15 is 0 Å². The van der Waals surface area contributed by atoms with Crippen molar-refractivity contribution in [1.29, 1.82) is 0 Å². The number of benzene rings is 2. The Labute approximate surface area is 166 Å². The first-order valence-electron chi connectivity index (χ1n) is 9.91. The maximum absolute atomic E-state index is 14.5. The molecule has 0 bridgehead atoms. The van der Waals surface area contributed by atoms with Gasteiger partial charge in [0, 0.05) is 18.8 Å². The van der Waals surface area contributed by atoms with Gasteiger partial charge in [0.2, 0.25) is 0 Å². The van der Waals surface area contributed by atoms with Crippen LogP contribution in [0.3, 0.4) is 0 Å². The molecule has 0 aromatic heterocycles.